The molecule has 6 heteroatoms. The van der Waals surface area contributed by atoms with Gasteiger partial charge in [0.15, 0.2) is 0 Å². The third-order valence-electron chi connectivity index (χ3n) is 14.6. The summed E-state index contributed by atoms with van der Waals surface area (Å²) in [7, 11) is 0. The van der Waals surface area contributed by atoms with E-state index < -0.39 is 12.1 Å². The summed E-state index contributed by atoms with van der Waals surface area (Å²) in [4.78, 5) is 24.5. The molecule has 1 amide bonds. The largest absolute Gasteiger partial charge is 0.466 e. The Morgan fingerprint density at radius 1 is 0.397 bits per heavy atom. The SMILES string of the molecule is CCCCCCCCCCCCC/C=C/C(O)C(CO)NC(=O)CCCCCCCCCCCCCCCCCCCCCCOC(=O)CCCCCCCCCCCCCCCCCCCC. The number of hydrogen-bond donors (Lipinski definition) is 3. The highest BCUT2D eigenvalue weighted by atomic mass is 16.5. The molecular formula is C62H121NO5. The molecule has 0 spiro atoms. The van der Waals surface area contributed by atoms with Gasteiger partial charge in [0.25, 0.3) is 0 Å². The molecule has 2 unspecified atom stereocenters. The van der Waals surface area contributed by atoms with E-state index >= 15 is 0 Å². The summed E-state index contributed by atoms with van der Waals surface area (Å²) in [6, 6.07) is -0.628. The topological polar surface area (TPSA) is 95.9 Å². The van der Waals surface area contributed by atoms with Gasteiger partial charge in [-0.2, -0.15) is 0 Å². The summed E-state index contributed by atoms with van der Waals surface area (Å²) in [6.07, 6.45) is 69.6. The zero-order valence-electron chi connectivity index (χ0n) is 46.1. The van der Waals surface area contributed by atoms with Gasteiger partial charge >= 0.3 is 5.97 Å². The lowest BCUT2D eigenvalue weighted by Crippen LogP contribution is -2.45. The number of carbonyl (C=O) groups is 2. The van der Waals surface area contributed by atoms with Gasteiger partial charge < -0.3 is 20.3 Å². The third kappa shape index (κ3) is 53.9. The molecule has 0 aliphatic rings. The maximum atomic E-state index is 12.4. The van der Waals surface area contributed by atoms with Gasteiger partial charge in [0.05, 0.1) is 25.4 Å². The van der Waals surface area contributed by atoms with Gasteiger partial charge in [0.1, 0.15) is 0 Å². The second-order valence-electron chi connectivity index (χ2n) is 21.4. The van der Waals surface area contributed by atoms with Crippen molar-refractivity contribution in [3.05, 3.63) is 12.2 Å². The molecule has 3 N–H and O–H groups in total. The zero-order valence-corrected chi connectivity index (χ0v) is 46.1. The molecule has 0 saturated carbocycles. The van der Waals surface area contributed by atoms with Crippen LogP contribution in [0.3, 0.4) is 0 Å². The smallest absolute Gasteiger partial charge is 0.305 e. The van der Waals surface area contributed by atoms with Crippen molar-refractivity contribution in [3.63, 3.8) is 0 Å². The number of allylic oxidation sites excluding steroid dienone is 1. The Labute approximate surface area is 425 Å². The molecule has 0 saturated heterocycles. The van der Waals surface area contributed by atoms with Crippen molar-refractivity contribution < 1.29 is 24.5 Å². The van der Waals surface area contributed by atoms with Crippen molar-refractivity contribution >= 4 is 11.9 Å². The van der Waals surface area contributed by atoms with E-state index in [-0.39, 0.29) is 18.5 Å². The van der Waals surface area contributed by atoms with E-state index in [9.17, 15) is 19.8 Å². The lowest BCUT2D eigenvalue weighted by molar-refractivity contribution is -0.143. The number of ether oxygens (including phenoxy) is 1. The number of aliphatic hydroxyl groups excluding tert-OH is 2. The number of aliphatic hydroxyl groups is 2. The van der Waals surface area contributed by atoms with Gasteiger partial charge in [-0.15, -0.1) is 0 Å². The highest BCUT2D eigenvalue weighted by Gasteiger charge is 2.18. The van der Waals surface area contributed by atoms with E-state index in [1.165, 1.54) is 283 Å². The molecule has 0 radical (unpaired) electrons. The summed E-state index contributed by atoms with van der Waals surface area (Å²) in [5.74, 6) is -0.0535. The maximum Gasteiger partial charge on any atom is 0.305 e. The molecule has 0 aliphatic carbocycles. The van der Waals surface area contributed by atoms with Gasteiger partial charge in [-0.3, -0.25) is 9.59 Å². The third-order valence-corrected chi connectivity index (χ3v) is 14.6. The predicted molar refractivity (Wildman–Crippen MR) is 297 cm³/mol. The quantitative estimate of drug-likeness (QED) is 0.0321. The predicted octanol–water partition coefficient (Wildman–Crippen LogP) is 19.2. The Morgan fingerprint density at radius 2 is 0.676 bits per heavy atom. The van der Waals surface area contributed by atoms with Crippen LogP contribution in [0.25, 0.3) is 0 Å². The Morgan fingerprint density at radius 3 is 1.00 bits per heavy atom. The summed E-state index contributed by atoms with van der Waals surface area (Å²) >= 11 is 0. The lowest BCUT2D eigenvalue weighted by Gasteiger charge is -2.20. The van der Waals surface area contributed by atoms with Gasteiger partial charge in [0.2, 0.25) is 5.91 Å². The highest BCUT2D eigenvalue weighted by Crippen LogP contribution is 2.18. The zero-order chi connectivity index (χ0) is 49.3. The van der Waals surface area contributed by atoms with Crippen molar-refractivity contribution in [1.82, 2.24) is 5.32 Å². The Kier molecular flexibility index (Phi) is 57.0. The average molecular weight is 961 g/mol. The molecule has 0 aromatic carbocycles. The van der Waals surface area contributed by atoms with Crippen LogP contribution in [0.5, 0.6) is 0 Å². The Bertz CT molecular complexity index is 1020. The van der Waals surface area contributed by atoms with Crippen molar-refractivity contribution in [3.8, 4) is 0 Å². The van der Waals surface area contributed by atoms with Gasteiger partial charge in [-0.05, 0) is 32.1 Å². The van der Waals surface area contributed by atoms with Crippen LogP contribution in [0, 0.1) is 0 Å². The first-order valence-corrected chi connectivity index (χ1v) is 31.0. The minimum atomic E-state index is -0.844. The number of rotatable bonds is 58. The molecule has 0 fully saturated rings. The molecule has 68 heavy (non-hydrogen) atoms. The van der Waals surface area contributed by atoms with Crippen LogP contribution < -0.4 is 5.32 Å². The molecule has 0 bridgehead atoms. The van der Waals surface area contributed by atoms with Crippen LogP contribution in [0.15, 0.2) is 12.2 Å². The molecule has 6 nitrogen and oxygen atoms in total. The number of esters is 1. The Balaban J connectivity index is 3.37. The van der Waals surface area contributed by atoms with E-state index in [4.69, 9.17) is 4.74 Å². The van der Waals surface area contributed by atoms with Gasteiger partial charge in [0, 0.05) is 12.8 Å². The molecule has 0 aromatic heterocycles. The summed E-state index contributed by atoms with van der Waals surface area (Å²) < 4.78 is 5.50. The van der Waals surface area contributed by atoms with Crippen molar-refractivity contribution in [2.75, 3.05) is 13.2 Å². The first-order chi connectivity index (χ1) is 33.5. The summed E-state index contributed by atoms with van der Waals surface area (Å²) in [5.41, 5.74) is 0. The fourth-order valence-corrected chi connectivity index (χ4v) is 9.81. The van der Waals surface area contributed by atoms with Crippen LogP contribution in [0.1, 0.15) is 348 Å². The first-order valence-electron chi connectivity index (χ1n) is 31.0. The van der Waals surface area contributed by atoms with E-state index in [0.717, 1.165) is 38.5 Å². The molecule has 0 aliphatic heterocycles. The molecule has 0 aromatic rings. The monoisotopic (exact) mass is 960 g/mol. The second kappa shape index (κ2) is 58.2. The van der Waals surface area contributed by atoms with Crippen LogP contribution in [-0.2, 0) is 14.3 Å². The normalized spacial score (nSPS) is 12.6. The van der Waals surface area contributed by atoms with E-state index in [0.29, 0.717) is 19.4 Å². The first kappa shape index (κ1) is 66.6. The number of hydrogen-bond acceptors (Lipinski definition) is 5. The minimum absolute atomic E-state index is 0.0149. The number of carbonyl (C=O) groups excluding carboxylic acids is 2. The number of nitrogens with one attached hydrogen (secondary N) is 1. The second-order valence-corrected chi connectivity index (χ2v) is 21.4. The van der Waals surface area contributed by atoms with Crippen molar-refractivity contribution in [1.29, 1.82) is 0 Å². The van der Waals surface area contributed by atoms with Gasteiger partial charge in [-0.25, -0.2) is 0 Å². The van der Waals surface area contributed by atoms with Crippen LogP contribution in [-0.4, -0.2) is 47.4 Å². The van der Waals surface area contributed by atoms with Crippen molar-refractivity contribution in [2.45, 2.75) is 360 Å². The van der Waals surface area contributed by atoms with E-state index in [2.05, 4.69) is 19.2 Å². The average Bonchev–Trinajstić information content (AvgIpc) is 3.34. The van der Waals surface area contributed by atoms with E-state index in [1.54, 1.807) is 6.08 Å². The lowest BCUT2D eigenvalue weighted by atomic mass is 10.0. The fourth-order valence-electron chi connectivity index (χ4n) is 9.81. The summed E-state index contributed by atoms with van der Waals surface area (Å²) in [6.45, 7) is 4.92. The number of amides is 1. The molecule has 404 valence electrons. The number of unbranched alkanes of at least 4 members (excludes halogenated alkanes) is 47. The minimum Gasteiger partial charge on any atom is -0.466 e. The molecule has 2 atom stereocenters. The van der Waals surface area contributed by atoms with Crippen molar-refractivity contribution in [2.24, 2.45) is 0 Å². The van der Waals surface area contributed by atoms with E-state index in [1.807, 2.05) is 6.08 Å². The maximum absolute atomic E-state index is 12.4. The summed E-state index contributed by atoms with van der Waals surface area (Å²) in [5, 5.41) is 23.1. The Hall–Kier alpha value is -1.40. The van der Waals surface area contributed by atoms with Crippen LogP contribution in [0.4, 0.5) is 0 Å². The van der Waals surface area contributed by atoms with Crippen LogP contribution in [0.2, 0.25) is 0 Å². The molecular weight excluding hydrogens is 839 g/mol. The molecule has 0 heterocycles. The van der Waals surface area contributed by atoms with Crippen LogP contribution >= 0.6 is 0 Å². The fraction of sp³-hybridized carbons (Fsp3) is 0.935. The van der Waals surface area contributed by atoms with Gasteiger partial charge in [-0.1, -0.05) is 315 Å². The standard InChI is InChI=1S/C62H121NO5/c1-3-5-7-9-11-13-15-17-18-19-25-28-32-36-40-44-48-52-56-62(67)68-57-53-49-45-41-37-33-29-26-23-21-20-22-24-27-31-35-39-43-47-51-55-61(66)63-59(58-64)60(65)54-50-46-42-38-34-30-16-14-12-10-8-6-4-2/h50,54,59-60,64-65H,3-49,51-53,55-58H2,1-2H3,(H,63,66)/b54-50+. The molecule has 0 rings (SSSR count). The highest BCUT2D eigenvalue weighted by molar-refractivity contribution is 5.76.